The Balaban J connectivity index is 3.42. The van der Waals surface area contributed by atoms with Crippen molar-refractivity contribution in [3.63, 3.8) is 0 Å². The highest BCUT2D eigenvalue weighted by Crippen LogP contribution is 2.18. The van der Waals surface area contributed by atoms with Crippen molar-refractivity contribution in [2.45, 2.75) is 328 Å². The maximum atomic E-state index is 12.3. The lowest BCUT2D eigenvalue weighted by atomic mass is 10.0. The molecule has 0 radical (unpaired) electrons. The first kappa shape index (κ1) is 62.4. The molecule has 0 aromatic heterocycles. The first-order valence-corrected chi connectivity index (χ1v) is 28.9. The number of rotatable bonds is 54. The first-order valence-electron chi connectivity index (χ1n) is 28.9. The van der Waals surface area contributed by atoms with Crippen molar-refractivity contribution in [2.24, 2.45) is 0 Å². The lowest BCUT2D eigenvalue weighted by Gasteiger charge is -2.15. The zero-order chi connectivity index (χ0) is 46.3. The van der Waals surface area contributed by atoms with Crippen molar-refractivity contribution in [1.82, 2.24) is 0 Å². The second kappa shape index (κ2) is 55.7. The van der Waals surface area contributed by atoms with Crippen LogP contribution >= 0.6 is 0 Å². The van der Waals surface area contributed by atoms with Gasteiger partial charge in [-0.3, -0.25) is 9.59 Å². The quantitative estimate of drug-likeness (QED) is 0.0374. The second-order valence-corrected chi connectivity index (χ2v) is 19.7. The molecular weight excluding hydrogens is 789 g/mol. The first-order chi connectivity index (χ1) is 31.6. The number of allylic oxidation sites excluding steroid dienone is 4. The van der Waals surface area contributed by atoms with Crippen LogP contribution in [0.5, 0.6) is 0 Å². The molecule has 0 saturated carbocycles. The van der Waals surface area contributed by atoms with E-state index in [4.69, 9.17) is 9.47 Å². The average Bonchev–Trinajstić information content (AvgIpc) is 3.30. The molecule has 0 spiro atoms. The molecule has 0 amide bonds. The molecule has 0 bridgehead atoms. The smallest absolute Gasteiger partial charge is 0.306 e. The van der Waals surface area contributed by atoms with Gasteiger partial charge in [-0.1, -0.05) is 289 Å². The van der Waals surface area contributed by atoms with E-state index >= 15 is 0 Å². The van der Waals surface area contributed by atoms with E-state index < -0.39 is 6.10 Å². The third-order valence-electron chi connectivity index (χ3n) is 13.2. The van der Waals surface area contributed by atoms with Gasteiger partial charge >= 0.3 is 11.9 Å². The number of carbonyl (C=O) groups excluding carboxylic acids is 2. The molecule has 378 valence electrons. The molecule has 1 unspecified atom stereocenters. The van der Waals surface area contributed by atoms with Crippen molar-refractivity contribution < 1.29 is 24.2 Å². The Morgan fingerprint density at radius 3 is 0.922 bits per heavy atom. The second-order valence-electron chi connectivity index (χ2n) is 19.7. The van der Waals surface area contributed by atoms with E-state index in [2.05, 4.69) is 38.2 Å². The molecule has 0 fully saturated rings. The fourth-order valence-corrected chi connectivity index (χ4v) is 8.88. The minimum absolute atomic E-state index is 0.0586. The summed E-state index contributed by atoms with van der Waals surface area (Å²) in [6, 6.07) is 0. The Labute approximate surface area is 400 Å². The molecule has 0 aliphatic heterocycles. The summed E-state index contributed by atoms with van der Waals surface area (Å²) in [6.45, 7) is 4.18. The van der Waals surface area contributed by atoms with Crippen LogP contribution in [0.4, 0.5) is 0 Å². The fourth-order valence-electron chi connectivity index (χ4n) is 8.88. The largest absolute Gasteiger partial charge is 0.462 e. The number of unbranched alkanes of at least 4 members (excludes halogenated alkanes) is 42. The van der Waals surface area contributed by atoms with Gasteiger partial charge in [-0.05, 0) is 44.9 Å². The van der Waals surface area contributed by atoms with E-state index in [1.165, 1.54) is 257 Å². The minimum atomic E-state index is -0.767. The summed E-state index contributed by atoms with van der Waals surface area (Å²) in [6.07, 6.45) is 70.2. The minimum Gasteiger partial charge on any atom is -0.462 e. The van der Waals surface area contributed by atoms with E-state index in [0.29, 0.717) is 12.8 Å². The number of hydrogen-bond donors (Lipinski definition) is 1. The van der Waals surface area contributed by atoms with Crippen LogP contribution in [0.25, 0.3) is 0 Å². The van der Waals surface area contributed by atoms with Crippen LogP contribution in [-0.4, -0.2) is 36.4 Å². The Hall–Kier alpha value is -1.62. The maximum absolute atomic E-state index is 12.3. The Morgan fingerprint density at radius 1 is 0.359 bits per heavy atom. The van der Waals surface area contributed by atoms with Crippen LogP contribution in [0.1, 0.15) is 322 Å². The zero-order valence-electron chi connectivity index (χ0n) is 43.3. The topological polar surface area (TPSA) is 72.8 Å². The van der Waals surface area contributed by atoms with E-state index in [9.17, 15) is 14.7 Å². The Morgan fingerprint density at radius 2 is 0.625 bits per heavy atom. The zero-order valence-corrected chi connectivity index (χ0v) is 43.3. The number of ether oxygens (including phenoxy) is 2. The highest BCUT2D eigenvalue weighted by molar-refractivity contribution is 5.70. The summed E-state index contributed by atoms with van der Waals surface area (Å²) in [5.74, 6) is -0.569. The third-order valence-corrected chi connectivity index (χ3v) is 13.2. The standard InChI is InChI=1S/C59H112O5/c1-3-5-7-9-11-13-15-17-19-21-23-25-26-27-28-29-30-31-32-34-36-38-40-42-44-46-48-50-52-54-59(62)64-57(55-60)56-63-58(61)53-51-49-47-45-43-41-39-37-35-33-24-22-20-18-16-14-12-10-8-6-4-2/h15,17,21,23,57,60H,3-14,16,18-20,22,24-56H2,1-2H3/b17-15-,23-21-. The van der Waals surface area contributed by atoms with Crippen molar-refractivity contribution in [2.75, 3.05) is 13.2 Å². The molecule has 64 heavy (non-hydrogen) atoms. The summed E-state index contributed by atoms with van der Waals surface area (Å²) < 4.78 is 10.7. The lowest BCUT2D eigenvalue weighted by Crippen LogP contribution is -2.28. The van der Waals surface area contributed by atoms with Gasteiger partial charge in [0.2, 0.25) is 0 Å². The predicted octanol–water partition coefficient (Wildman–Crippen LogP) is 19.3. The SMILES string of the molecule is CCCCCCC/C=C\C/C=C\CCCCCCCCCCCCCCCCCCCC(=O)OC(CO)COC(=O)CCCCCCCCCCCCCCCCCCCCCCC. The molecule has 0 heterocycles. The molecule has 0 saturated heterocycles. The van der Waals surface area contributed by atoms with Gasteiger partial charge < -0.3 is 14.6 Å². The molecule has 0 aromatic carbocycles. The highest BCUT2D eigenvalue weighted by Gasteiger charge is 2.16. The Bertz CT molecular complexity index is 974. The molecule has 0 aliphatic carbocycles. The summed E-state index contributed by atoms with van der Waals surface area (Å²) in [7, 11) is 0. The van der Waals surface area contributed by atoms with Gasteiger partial charge in [0.05, 0.1) is 6.61 Å². The van der Waals surface area contributed by atoms with Crippen molar-refractivity contribution in [3.05, 3.63) is 24.3 Å². The molecule has 5 nitrogen and oxygen atoms in total. The third kappa shape index (κ3) is 53.0. The molecule has 1 N–H and O–H groups in total. The maximum Gasteiger partial charge on any atom is 0.306 e. The van der Waals surface area contributed by atoms with Gasteiger partial charge in [0.15, 0.2) is 6.10 Å². The molecule has 0 aliphatic rings. The summed E-state index contributed by atoms with van der Waals surface area (Å²) in [5, 5.41) is 9.65. The summed E-state index contributed by atoms with van der Waals surface area (Å²) in [5.41, 5.74) is 0. The van der Waals surface area contributed by atoms with Crippen molar-refractivity contribution >= 4 is 11.9 Å². The van der Waals surface area contributed by atoms with Crippen LogP contribution < -0.4 is 0 Å². The summed E-state index contributed by atoms with van der Waals surface area (Å²) >= 11 is 0. The summed E-state index contributed by atoms with van der Waals surface area (Å²) in [4.78, 5) is 24.5. The number of aliphatic hydroxyl groups is 1. The molecule has 0 rings (SSSR count). The van der Waals surface area contributed by atoms with Gasteiger partial charge in [-0.15, -0.1) is 0 Å². The Kier molecular flexibility index (Phi) is 54.3. The molecule has 5 heteroatoms. The van der Waals surface area contributed by atoms with Crippen molar-refractivity contribution in [3.8, 4) is 0 Å². The van der Waals surface area contributed by atoms with Gasteiger partial charge in [0.1, 0.15) is 6.61 Å². The number of hydrogen-bond acceptors (Lipinski definition) is 5. The van der Waals surface area contributed by atoms with E-state index in [0.717, 1.165) is 38.5 Å². The van der Waals surface area contributed by atoms with Gasteiger partial charge in [-0.2, -0.15) is 0 Å². The fraction of sp³-hybridized carbons (Fsp3) is 0.898. The van der Waals surface area contributed by atoms with E-state index in [1.54, 1.807) is 0 Å². The highest BCUT2D eigenvalue weighted by atomic mass is 16.6. The van der Waals surface area contributed by atoms with Crippen LogP contribution in [0.15, 0.2) is 24.3 Å². The average molecular weight is 902 g/mol. The molecule has 0 aromatic rings. The van der Waals surface area contributed by atoms with Gasteiger partial charge in [0, 0.05) is 12.8 Å². The van der Waals surface area contributed by atoms with E-state index in [-0.39, 0.29) is 25.2 Å². The van der Waals surface area contributed by atoms with Crippen LogP contribution in [-0.2, 0) is 19.1 Å². The van der Waals surface area contributed by atoms with Crippen LogP contribution in [0.3, 0.4) is 0 Å². The monoisotopic (exact) mass is 901 g/mol. The molecule has 1 atom stereocenters. The number of carbonyl (C=O) groups is 2. The number of esters is 2. The van der Waals surface area contributed by atoms with Crippen LogP contribution in [0.2, 0.25) is 0 Å². The van der Waals surface area contributed by atoms with E-state index in [1.807, 2.05) is 0 Å². The lowest BCUT2D eigenvalue weighted by molar-refractivity contribution is -0.161. The van der Waals surface area contributed by atoms with Crippen molar-refractivity contribution in [1.29, 1.82) is 0 Å². The molecular formula is C59H112O5. The van der Waals surface area contributed by atoms with Crippen LogP contribution in [0, 0.1) is 0 Å². The van der Waals surface area contributed by atoms with Gasteiger partial charge in [-0.25, -0.2) is 0 Å². The normalized spacial score (nSPS) is 12.2. The number of aliphatic hydroxyl groups excluding tert-OH is 1. The van der Waals surface area contributed by atoms with Gasteiger partial charge in [0.25, 0.3) is 0 Å². The predicted molar refractivity (Wildman–Crippen MR) is 279 cm³/mol.